The molecule has 0 aromatic rings. The first-order valence-electron chi connectivity index (χ1n) is 4.89. The first-order valence-corrected chi connectivity index (χ1v) is 6.18. The highest BCUT2D eigenvalue weighted by Gasteiger charge is 2.28. The highest BCUT2D eigenvalue weighted by atomic mass is 32.2. The van der Waals surface area contributed by atoms with E-state index in [0.29, 0.717) is 5.71 Å². The molecule has 1 amide bonds. The van der Waals surface area contributed by atoms with Crippen molar-refractivity contribution in [3.63, 3.8) is 0 Å². The molecule has 1 N–H and O–H groups in total. The minimum atomic E-state index is -0.585. The fourth-order valence-electron chi connectivity index (χ4n) is 0.989. The summed E-state index contributed by atoms with van der Waals surface area (Å²) in [6.45, 7) is 5.96. The third-order valence-corrected chi connectivity index (χ3v) is 2.69. The molecule has 0 fully saturated rings. The second kappa shape index (κ2) is 6.75. The van der Waals surface area contributed by atoms with Crippen LogP contribution >= 0.6 is 11.8 Å². The van der Waals surface area contributed by atoms with Gasteiger partial charge in [-0.1, -0.05) is 25.9 Å². The van der Waals surface area contributed by atoms with Crippen LogP contribution in [0.25, 0.3) is 0 Å². The lowest BCUT2D eigenvalue weighted by atomic mass is 9.90. The van der Waals surface area contributed by atoms with E-state index in [0.717, 1.165) is 0 Å². The molecule has 1 unspecified atom stereocenters. The SMILES string of the molecule is CNC(=O)O/N=C(\C(OC)SC)C(C)(C)C. The molecule has 0 radical (unpaired) electrons. The second-order valence-corrected chi connectivity index (χ2v) is 5.06. The number of rotatable bonds is 4. The number of hydrogen-bond acceptors (Lipinski definition) is 5. The normalized spacial score (nSPS) is 14.5. The molecule has 0 saturated carbocycles. The largest absolute Gasteiger partial charge is 0.433 e. The average Bonchev–Trinajstić information content (AvgIpc) is 2.21. The summed E-state index contributed by atoms with van der Waals surface area (Å²) in [7, 11) is 3.08. The standard InChI is InChI=1S/C10H20N2O3S/c1-10(2,3)7(8(14-5)16-6)12-15-9(13)11-4/h8H,1-6H3,(H,11,13)/b12-7+. The summed E-state index contributed by atoms with van der Waals surface area (Å²) in [5.74, 6) is 0. The van der Waals surface area contributed by atoms with Crippen molar-refractivity contribution in [1.29, 1.82) is 0 Å². The summed E-state index contributed by atoms with van der Waals surface area (Å²) >= 11 is 1.50. The summed E-state index contributed by atoms with van der Waals surface area (Å²) in [6, 6.07) is 0. The van der Waals surface area contributed by atoms with Crippen molar-refractivity contribution in [1.82, 2.24) is 5.32 Å². The summed E-state index contributed by atoms with van der Waals surface area (Å²) in [6.07, 6.45) is 1.33. The zero-order chi connectivity index (χ0) is 12.8. The fourth-order valence-corrected chi connectivity index (χ4v) is 1.80. The lowest BCUT2D eigenvalue weighted by Crippen LogP contribution is -2.33. The molecule has 5 nitrogen and oxygen atoms in total. The van der Waals surface area contributed by atoms with Gasteiger partial charge in [-0.05, 0) is 6.26 Å². The molecular formula is C10H20N2O3S. The van der Waals surface area contributed by atoms with Gasteiger partial charge in [0.1, 0.15) is 11.1 Å². The van der Waals surface area contributed by atoms with Crippen LogP contribution in [0.5, 0.6) is 0 Å². The molecule has 0 aliphatic rings. The molecule has 0 rings (SSSR count). The van der Waals surface area contributed by atoms with Crippen LogP contribution in [-0.4, -0.2) is 37.7 Å². The van der Waals surface area contributed by atoms with Crippen molar-refractivity contribution in [3.8, 4) is 0 Å². The number of methoxy groups -OCH3 is 1. The number of carbonyl (C=O) groups is 1. The Morgan fingerprint density at radius 3 is 2.31 bits per heavy atom. The first-order chi connectivity index (χ1) is 7.36. The third-order valence-electron chi connectivity index (χ3n) is 1.85. The second-order valence-electron chi connectivity index (χ2n) is 4.16. The molecule has 0 aromatic carbocycles. The molecule has 6 heteroatoms. The van der Waals surface area contributed by atoms with Crippen LogP contribution in [0.1, 0.15) is 20.8 Å². The Labute approximate surface area is 101 Å². The van der Waals surface area contributed by atoms with Gasteiger partial charge in [0, 0.05) is 19.6 Å². The van der Waals surface area contributed by atoms with Crippen LogP contribution in [0.2, 0.25) is 0 Å². The topological polar surface area (TPSA) is 59.9 Å². The van der Waals surface area contributed by atoms with Gasteiger partial charge in [-0.25, -0.2) is 4.79 Å². The van der Waals surface area contributed by atoms with Crippen molar-refractivity contribution >= 4 is 23.6 Å². The van der Waals surface area contributed by atoms with Crippen molar-refractivity contribution < 1.29 is 14.4 Å². The number of nitrogens with one attached hydrogen (secondary N) is 1. The van der Waals surface area contributed by atoms with E-state index in [1.165, 1.54) is 18.8 Å². The molecule has 0 aliphatic heterocycles. The van der Waals surface area contributed by atoms with Gasteiger partial charge in [-0.2, -0.15) is 0 Å². The van der Waals surface area contributed by atoms with Crippen molar-refractivity contribution in [3.05, 3.63) is 0 Å². The fraction of sp³-hybridized carbons (Fsp3) is 0.800. The molecule has 16 heavy (non-hydrogen) atoms. The first kappa shape index (κ1) is 15.2. The highest BCUT2D eigenvalue weighted by Crippen LogP contribution is 2.24. The van der Waals surface area contributed by atoms with Gasteiger partial charge in [0.05, 0.1) is 0 Å². The van der Waals surface area contributed by atoms with E-state index in [9.17, 15) is 4.79 Å². The van der Waals surface area contributed by atoms with Gasteiger partial charge in [0.25, 0.3) is 0 Å². The van der Waals surface area contributed by atoms with E-state index in [1.54, 1.807) is 7.11 Å². The zero-order valence-corrected chi connectivity index (χ0v) is 11.5. The molecule has 0 bridgehead atoms. The predicted octanol–water partition coefficient (Wildman–Crippen LogP) is 2.08. The Hall–Kier alpha value is -0.750. The lowest BCUT2D eigenvalue weighted by Gasteiger charge is -2.25. The smallest absolute Gasteiger partial charge is 0.365 e. The number of ether oxygens (including phenoxy) is 1. The van der Waals surface area contributed by atoms with Crippen LogP contribution in [0.15, 0.2) is 5.16 Å². The van der Waals surface area contributed by atoms with E-state index in [1.807, 2.05) is 27.0 Å². The molecule has 0 spiro atoms. The van der Waals surface area contributed by atoms with E-state index >= 15 is 0 Å². The summed E-state index contributed by atoms with van der Waals surface area (Å²) in [4.78, 5) is 15.7. The number of carbonyl (C=O) groups excluding carboxylic acids is 1. The Bertz CT molecular complexity index is 257. The summed E-state index contributed by atoms with van der Waals surface area (Å²) in [5, 5.41) is 6.20. The van der Waals surface area contributed by atoms with E-state index in [-0.39, 0.29) is 10.9 Å². The van der Waals surface area contributed by atoms with Gasteiger partial charge in [0.2, 0.25) is 0 Å². The molecular weight excluding hydrogens is 228 g/mol. The van der Waals surface area contributed by atoms with E-state index in [2.05, 4.69) is 10.5 Å². The van der Waals surface area contributed by atoms with Crippen molar-refractivity contribution in [2.75, 3.05) is 20.4 Å². The number of nitrogens with zero attached hydrogens (tertiary/aromatic N) is 1. The van der Waals surface area contributed by atoms with Crippen molar-refractivity contribution in [2.24, 2.45) is 10.6 Å². The predicted molar refractivity (Wildman–Crippen MR) is 66.7 cm³/mol. The maximum Gasteiger partial charge on any atom is 0.433 e. The monoisotopic (exact) mass is 248 g/mol. The molecule has 0 aliphatic carbocycles. The maximum absolute atomic E-state index is 11.0. The van der Waals surface area contributed by atoms with Crippen LogP contribution < -0.4 is 5.32 Å². The zero-order valence-electron chi connectivity index (χ0n) is 10.7. The molecule has 0 heterocycles. The van der Waals surface area contributed by atoms with Crippen LogP contribution in [0, 0.1) is 5.41 Å². The summed E-state index contributed by atoms with van der Waals surface area (Å²) in [5.41, 5.74) is 0.244. The number of amides is 1. The maximum atomic E-state index is 11.0. The Balaban J connectivity index is 4.87. The van der Waals surface area contributed by atoms with Gasteiger partial charge in [0.15, 0.2) is 0 Å². The molecule has 1 atom stereocenters. The average molecular weight is 248 g/mol. The van der Waals surface area contributed by atoms with Crippen molar-refractivity contribution in [2.45, 2.75) is 26.2 Å². The molecule has 0 saturated heterocycles. The number of thioether (sulfide) groups is 1. The van der Waals surface area contributed by atoms with Gasteiger partial charge in [-0.3, -0.25) is 4.84 Å². The van der Waals surface area contributed by atoms with Gasteiger partial charge >= 0.3 is 6.09 Å². The number of oxime groups is 1. The number of hydrogen-bond donors (Lipinski definition) is 1. The van der Waals surface area contributed by atoms with Gasteiger partial charge < -0.3 is 10.1 Å². The van der Waals surface area contributed by atoms with Crippen LogP contribution in [-0.2, 0) is 9.57 Å². The lowest BCUT2D eigenvalue weighted by molar-refractivity contribution is 0.147. The minimum Gasteiger partial charge on any atom is -0.365 e. The Kier molecular flexibility index (Phi) is 6.43. The highest BCUT2D eigenvalue weighted by molar-refractivity contribution is 7.99. The summed E-state index contributed by atoms with van der Waals surface area (Å²) < 4.78 is 5.27. The quantitative estimate of drug-likeness (QED) is 0.358. The van der Waals surface area contributed by atoms with Crippen LogP contribution in [0.4, 0.5) is 4.79 Å². The van der Waals surface area contributed by atoms with Crippen LogP contribution in [0.3, 0.4) is 0 Å². The van der Waals surface area contributed by atoms with E-state index < -0.39 is 6.09 Å². The molecule has 94 valence electrons. The third kappa shape index (κ3) is 4.85. The van der Waals surface area contributed by atoms with E-state index in [4.69, 9.17) is 9.57 Å². The Morgan fingerprint density at radius 2 is 2.00 bits per heavy atom. The molecule has 0 aromatic heterocycles. The minimum absolute atomic E-state index is 0.218. The van der Waals surface area contributed by atoms with Gasteiger partial charge in [-0.15, -0.1) is 11.8 Å². The Morgan fingerprint density at radius 1 is 1.44 bits per heavy atom.